The SMILES string of the molecule is CCc1nn(C)cc1CNS(=O)(=O)CCCCNC(C)C. The fourth-order valence-corrected chi connectivity index (χ4v) is 3.20. The minimum absolute atomic E-state index is 0.175. The minimum atomic E-state index is -3.21. The van der Waals surface area contributed by atoms with Gasteiger partial charge in [-0.15, -0.1) is 0 Å². The highest BCUT2D eigenvalue weighted by Gasteiger charge is 2.12. The van der Waals surface area contributed by atoms with Crippen LogP contribution in [0.5, 0.6) is 0 Å². The largest absolute Gasteiger partial charge is 0.315 e. The summed E-state index contributed by atoms with van der Waals surface area (Å²) in [6, 6.07) is 0.442. The van der Waals surface area contributed by atoms with Crippen molar-refractivity contribution < 1.29 is 8.42 Å². The first-order chi connectivity index (χ1) is 9.84. The number of hydrogen-bond acceptors (Lipinski definition) is 4. The summed E-state index contributed by atoms with van der Waals surface area (Å²) in [5.41, 5.74) is 1.89. The zero-order valence-electron chi connectivity index (χ0n) is 13.5. The van der Waals surface area contributed by atoms with Gasteiger partial charge in [-0.25, -0.2) is 13.1 Å². The van der Waals surface area contributed by atoms with E-state index in [9.17, 15) is 8.42 Å². The molecule has 0 radical (unpaired) electrons. The van der Waals surface area contributed by atoms with Gasteiger partial charge in [-0.05, 0) is 25.8 Å². The van der Waals surface area contributed by atoms with Crippen LogP contribution in [0.3, 0.4) is 0 Å². The average molecular weight is 316 g/mol. The van der Waals surface area contributed by atoms with Crippen LogP contribution in [0.2, 0.25) is 0 Å². The third kappa shape index (κ3) is 7.06. The van der Waals surface area contributed by atoms with Crippen LogP contribution < -0.4 is 10.0 Å². The molecule has 1 aromatic rings. The molecule has 7 heteroatoms. The molecule has 1 aromatic heterocycles. The molecule has 0 spiro atoms. The van der Waals surface area contributed by atoms with E-state index in [4.69, 9.17) is 0 Å². The van der Waals surface area contributed by atoms with Gasteiger partial charge in [0, 0.05) is 31.4 Å². The normalized spacial score (nSPS) is 12.2. The van der Waals surface area contributed by atoms with Crippen molar-refractivity contribution in [3.05, 3.63) is 17.5 Å². The quantitative estimate of drug-likeness (QED) is 0.636. The standard InChI is InChI=1S/C14H28N4O2S/c1-5-14-13(11-18(4)17-14)10-16-21(19,20)9-7-6-8-15-12(2)3/h11-12,15-16H,5-10H2,1-4H3. The lowest BCUT2D eigenvalue weighted by molar-refractivity contribution is 0.555. The van der Waals surface area contributed by atoms with E-state index >= 15 is 0 Å². The Labute approximate surface area is 128 Å². The fraction of sp³-hybridized carbons (Fsp3) is 0.786. The van der Waals surface area contributed by atoms with Crippen molar-refractivity contribution in [2.45, 2.75) is 52.6 Å². The average Bonchev–Trinajstić information content (AvgIpc) is 2.76. The molecule has 21 heavy (non-hydrogen) atoms. The monoisotopic (exact) mass is 316 g/mol. The third-order valence-electron chi connectivity index (χ3n) is 3.20. The van der Waals surface area contributed by atoms with Crippen LogP contribution in [0.1, 0.15) is 44.9 Å². The fourth-order valence-electron chi connectivity index (χ4n) is 2.10. The highest BCUT2D eigenvalue weighted by atomic mass is 32.2. The topological polar surface area (TPSA) is 76.0 Å². The van der Waals surface area contributed by atoms with Gasteiger partial charge in [0.1, 0.15) is 0 Å². The predicted molar refractivity (Wildman–Crippen MR) is 85.6 cm³/mol. The Hall–Kier alpha value is -0.920. The van der Waals surface area contributed by atoms with Crippen molar-refractivity contribution in [1.29, 1.82) is 0 Å². The number of unbranched alkanes of at least 4 members (excludes halogenated alkanes) is 1. The lowest BCUT2D eigenvalue weighted by atomic mass is 10.2. The Morgan fingerprint density at radius 1 is 1.33 bits per heavy atom. The molecule has 0 aromatic carbocycles. The van der Waals surface area contributed by atoms with Crippen molar-refractivity contribution in [1.82, 2.24) is 19.8 Å². The Balaban J connectivity index is 2.35. The van der Waals surface area contributed by atoms with Gasteiger partial charge in [0.2, 0.25) is 10.0 Å². The molecule has 1 heterocycles. The van der Waals surface area contributed by atoms with Gasteiger partial charge in [0.25, 0.3) is 0 Å². The summed E-state index contributed by atoms with van der Waals surface area (Å²) in [4.78, 5) is 0. The van der Waals surface area contributed by atoms with Gasteiger partial charge in [-0.3, -0.25) is 4.68 Å². The van der Waals surface area contributed by atoms with Crippen molar-refractivity contribution in [3.63, 3.8) is 0 Å². The number of nitrogens with zero attached hydrogens (tertiary/aromatic N) is 2. The number of sulfonamides is 1. The number of hydrogen-bond donors (Lipinski definition) is 2. The van der Waals surface area contributed by atoms with E-state index in [1.165, 1.54) is 0 Å². The molecule has 0 atom stereocenters. The first-order valence-electron chi connectivity index (χ1n) is 7.56. The van der Waals surface area contributed by atoms with Gasteiger partial charge in [0.15, 0.2) is 0 Å². The summed E-state index contributed by atoms with van der Waals surface area (Å²) in [6.45, 7) is 7.36. The molecule has 0 amide bonds. The Kier molecular flexibility index (Phi) is 7.34. The van der Waals surface area contributed by atoms with Crippen molar-refractivity contribution >= 4 is 10.0 Å². The van der Waals surface area contributed by atoms with Crippen LogP contribution in [-0.4, -0.2) is 36.5 Å². The number of aromatic nitrogens is 2. The molecule has 0 aliphatic rings. The van der Waals surface area contributed by atoms with Gasteiger partial charge in [-0.1, -0.05) is 20.8 Å². The zero-order valence-corrected chi connectivity index (χ0v) is 14.3. The first kappa shape index (κ1) is 18.1. The molecule has 0 saturated heterocycles. The maximum absolute atomic E-state index is 11.9. The van der Waals surface area contributed by atoms with E-state index in [1.54, 1.807) is 4.68 Å². The summed E-state index contributed by atoms with van der Waals surface area (Å²) in [6.07, 6.45) is 4.21. The molecule has 0 aliphatic carbocycles. The molecule has 122 valence electrons. The summed E-state index contributed by atoms with van der Waals surface area (Å²) in [5.74, 6) is 0.175. The van der Waals surface area contributed by atoms with Crippen molar-refractivity contribution in [2.24, 2.45) is 7.05 Å². The molecule has 0 fully saturated rings. The maximum Gasteiger partial charge on any atom is 0.211 e. The van der Waals surface area contributed by atoms with E-state index in [0.29, 0.717) is 19.0 Å². The molecule has 1 rings (SSSR count). The Bertz CT molecular complexity index is 523. The molecule has 0 saturated carbocycles. The second kappa shape index (κ2) is 8.51. The van der Waals surface area contributed by atoms with Crippen LogP contribution in [0, 0.1) is 0 Å². The van der Waals surface area contributed by atoms with Crippen molar-refractivity contribution in [2.75, 3.05) is 12.3 Å². The van der Waals surface area contributed by atoms with E-state index < -0.39 is 10.0 Å². The van der Waals surface area contributed by atoms with E-state index in [1.807, 2.05) is 20.2 Å². The van der Waals surface area contributed by atoms with Gasteiger partial charge in [-0.2, -0.15) is 5.10 Å². The van der Waals surface area contributed by atoms with E-state index in [2.05, 4.69) is 29.0 Å². The molecule has 0 unspecified atom stereocenters. The zero-order chi connectivity index (χ0) is 15.9. The smallest absolute Gasteiger partial charge is 0.211 e. The third-order valence-corrected chi connectivity index (χ3v) is 4.61. The number of aryl methyl sites for hydroxylation is 2. The maximum atomic E-state index is 11.9. The van der Waals surface area contributed by atoms with E-state index in [-0.39, 0.29) is 5.75 Å². The van der Waals surface area contributed by atoms with Gasteiger partial charge >= 0.3 is 0 Å². The molecular weight excluding hydrogens is 288 g/mol. The van der Waals surface area contributed by atoms with Crippen LogP contribution in [0.4, 0.5) is 0 Å². The molecule has 0 bridgehead atoms. The Morgan fingerprint density at radius 3 is 2.67 bits per heavy atom. The summed E-state index contributed by atoms with van der Waals surface area (Å²) in [7, 11) is -1.36. The highest BCUT2D eigenvalue weighted by molar-refractivity contribution is 7.89. The molecular formula is C14H28N4O2S. The summed E-state index contributed by atoms with van der Waals surface area (Å²) in [5, 5.41) is 7.59. The van der Waals surface area contributed by atoms with Crippen LogP contribution in [0.15, 0.2) is 6.20 Å². The number of nitrogens with one attached hydrogen (secondary N) is 2. The van der Waals surface area contributed by atoms with Crippen molar-refractivity contribution in [3.8, 4) is 0 Å². The lowest BCUT2D eigenvalue weighted by Crippen LogP contribution is -2.27. The minimum Gasteiger partial charge on any atom is -0.315 e. The van der Waals surface area contributed by atoms with Gasteiger partial charge < -0.3 is 5.32 Å². The van der Waals surface area contributed by atoms with Crippen LogP contribution in [-0.2, 0) is 30.0 Å². The second-order valence-corrected chi connectivity index (χ2v) is 7.51. The van der Waals surface area contributed by atoms with Gasteiger partial charge in [0.05, 0.1) is 11.4 Å². The molecule has 0 aliphatic heterocycles. The lowest BCUT2D eigenvalue weighted by Gasteiger charge is -2.08. The Morgan fingerprint density at radius 2 is 2.05 bits per heavy atom. The van der Waals surface area contributed by atoms with Crippen LogP contribution in [0.25, 0.3) is 0 Å². The second-order valence-electron chi connectivity index (χ2n) is 5.58. The molecule has 6 nitrogen and oxygen atoms in total. The predicted octanol–water partition coefficient (Wildman–Crippen LogP) is 1.18. The highest BCUT2D eigenvalue weighted by Crippen LogP contribution is 2.07. The summed E-state index contributed by atoms with van der Waals surface area (Å²) >= 11 is 0. The van der Waals surface area contributed by atoms with E-state index in [0.717, 1.165) is 30.6 Å². The molecule has 2 N–H and O–H groups in total. The van der Waals surface area contributed by atoms with Crippen LogP contribution >= 0.6 is 0 Å². The number of rotatable bonds is 10. The summed E-state index contributed by atoms with van der Waals surface area (Å²) < 4.78 is 28.3. The first-order valence-corrected chi connectivity index (χ1v) is 9.21.